The Labute approximate surface area is 120 Å². The van der Waals surface area contributed by atoms with Crippen LogP contribution in [-0.2, 0) is 6.42 Å². The van der Waals surface area contributed by atoms with E-state index >= 15 is 0 Å². The van der Waals surface area contributed by atoms with E-state index in [0.29, 0.717) is 4.88 Å². The Morgan fingerprint density at radius 2 is 2.15 bits per heavy atom. The summed E-state index contributed by atoms with van der Waals surface area (Å²) in [6, 6.07) is 10.1. The summed E-state index contributed by atoms with van der Waals surface area (Å²) in [5.41, 5.74) is 3.17. The van der Waals surface area contributed by atoms with E-state index in [1.165, 1.54) is 16.9 Å². The van der Waals surface area contributed by atoms with Crippen LogP contribution in [-0.4, -0.2) is 16.1 Å². The second-order valence-electron chi connectivity index (χ2n) is 4.73. The first-order valence-corrected chi connectivity index (χ1v) is 7.11. The molecule has 0 radical (unpaired) electrons. The molecule has 0 aliphatic carbocycles. The van der Waals surface area contributed by atoms with Crippen LogP contribution < -0.4 is 0 Å². The molecule has 0 amide bonds. The van der Waals surface area contributed by atoms with Crippen molar-refractivity contribution in [1.29, 1.82) is 0 Å². The lowest BCUT2D eigenvalue weighted by molar-refractivity contribution is 0.0701. The normalized spacial score (nSPS) is 10.8. The fourth-order valence-corrected chi connectivity index (χ4v) is 3.43. The highest BCUT2D eigenvalue weighted by molar-refractivity contribution is 7.21. The topological polar surface area (TPSA) is 50.2 Å². The Morgan fingerprint density at radius 1 is 1.30 bits per heavy atom. The van der Waals surface area contributed by atoms with Crippen molar-refractivity contribution in [3.63, 3.8) is 0 Å². The molecule has 0 spiro atoms. The van der Waals surface area contributed by atoms with Gasteiger partial charge in [-0.2, -0.15) is 0 Å². The lowest BCUT2D eigenvalue weighted by Gasteiger charge is -2.01. The van der Waals surface area contributed by atoms with Crippen molar-refractivity contribution >= 4 is 27.4 Å². The number of thiophene rings is 1. The van der Waals surface area contributed by atoms with Crippen molar-refractivity contribution in [2.24, 2.45) is 0 Å². The number of benzene rings is 1. The van der Waals surface area contributed by atoms with Crippen LogP contribution >= 0.6 is 11.3 Å². The molecule has 4 heteroatoms. The van der Waals surface area contributed by atoms with Crippen LogP contribution in [0.5, 0.6) is 0 Å². The Balaban J connectivity index is 2.01. The molecule has 0 aliphatic rings. The first-order chi connectivity index (χ1) is 9.65. The molecule has 0 unspecified atom stereocenters. The molecule has 3 nitrogen and oxygen atoms in total. The van der Waals surface area contributed by atoms with Gasteiger partial charge in [0, 0.05) is 17.1 Å². The molecule has 2 heterocycles. The average molecular weight is 283 g/mol. The van der Waals surface area contributed by atoms with Crippen molar-refractivity contribution in [3.05, 3.63) is 64.3 Å². The molecule has 2 aromatic heterocycles. The van der Waals surface area contributed by atoms with E-state index in [2.05, 4.69) is 17.1 Å². The largest absolute Gasteiger partial charge is 0.477 e. The van der Waals surface area contributed by atoms with Crippen LogP contribution in [0, 0.1) is 6.92 Å². The van der Waals surface area contributed by atoms with Crippen LogP contribution in [0.2, 0.25) is 0 Å². The standard InChI is InChI=1S/C16H13NO2S/c1-10-13-5-4-11(7-12-3-2-6-17-9-12)8-14(13)20-15(10)16(18)19/h2-6,8-9H,7H2,1H3,(H,18,19). The first-order valence-electron chi connectivity index (χ1n) is 6.29. The molecule has 3 aromatic rings. The van der Waals surface area contributed by atoms with E-state index < -0.39 is 5.97 Å². The van der Waals surface area contributed by atoms with Crippen LogP contribution in [0.4, 0.5) is 0 Å². The maximum absolute atomic E-state index is 11.2. The predicted molar refractivity (Wildman–Crippen MR) is 80.6 cm³/mol. The van der Waals surface area contributed by atoms with Crippen molar-refractivity contribution in [2.75, 3.05) is 0 Å². The fraction of sp³-hybridized carbons (Fsp3) is 0.125. The molecule has 0 saturated heterocycles. The van der Waals surface area contributed by atoms with Gasteiger partial charge in [0.1, 0.15) is 4.88 Å². The summed E-state index contributed by atoms with van der Waals surface area (Å²) < 4.78 is 1.03. The van der Waals surface area contributed by atoms with Crippen molar-refractivity contribution in [2.45, 2.75) is 13.3 Å². The van der Waals surface area contributed by atoms with Gasteiger partial charge in [0.05, 0.1) is 0 Å². The molecule has 0 atom stereocenters. The summed E-state index contributed by atoms with van der Waals surface area (Å²) in [6.45, 7) is 1.86. The Kier molecular flexibility index (Phi) is 3.24. The molecule has 1 N–H and O–H groups in total. The quantitative estimate of drug-likeness (QED) is 0.793. The van der Waals surface area contributed by atoms with E-state index in [9.17, 15) is 9.90 Å². The molecule has 100 valence electrons. The number of carboxylic acid groups (broad SMARTS) is 1. The van der Waals surface area contributed by atoms with Gasteiger partial charge >= 0.3 is 5.97 Å². The van der Waals surface area contributed by atoms with E-state index in [1.807, 2.05) is 31.3 Å². The summed E-state index contributed by atoms with van der Waals surface area (Å²) in [7, 11) is 0. The highest BCUT2D eigenvalue weighted by Gasteiger charge is 2.14. The molecular weight excluding hydrogens is 270 g/mol. The van der Waals surface area contributed by atoms with Gasteiger partial charge in [-0.25, -0.2) is 4.79 Å². The number of aryl methyl sites for hydroxylation is 1. The highest BCUT2D eigenvalue weighted by Crippen LogP contribution is 2.31. The van der Waals surface area contributed by atoms with Gasteiger partial charge in [-0.15, -0.1) is 11.3 Å². The zero-order valence-corrected chi connectivity index (χ0v) is 11.8. The zero-order chi connectivity index (χ0) is 14.1. The fourth-order valence-electron chi connectivity index (χ4n) is 2.32. The van der Waals surface area contributed by atoms with Crippen molar-refractivity contribution < 1.29 is 9.90 Å². The van der Waals surface area contributed by atoms with Crippen LogP contribution in [0.25, 0.3) is 10.1 Å². The third-order valence-corrected chi connectivity index (χ3v) is 4.57. The number of hydrogen-bond acceptors (Lipinski definition) is 3. The number of nitrogens with zero attached hydrogens (tertiary/aromatic N) is 1. The third kappa shape index (κ3) is 2.30. The molecule has 0 fully saturated rings. The van der Waals surface area contributed by atoms with Crippen molar-refractivity contribution in [3.8, 4) is 0 Å². The van der Waals surface area contributed by atoms with Gasteiger partial charge in [0.15, 0.2) is 0 Å². The van der Waals surface area contributed by atoms with Crippen LogP contribution in [0.15, 0.2) is 42.7 Å². The molecule has 20 heavy (non-hydrogen) atoms. The number of carboxylic acids is 1. The van der Waals surface area contributed by atoms with Gasteiger partial charge in [0.2, 0.25) is 0 Å². The lowest BCUT2D eigenvalue weighted by atomic mass is 10.0. The highest BCUT2D eigenvalue weighted by atomic mass is 32.1. The second-order valence-corrected chi connectivity index (χ2v) is 5.78. The van der Waals surface area contributed by atoms with Gasteiger partial charge in [-0.1, -0.05) is 18.2 Å². The van der Waals surface area contributed by atoms with Gasteiger partial charge in [-0.05, 0) is 47.6 Å². The Morgan fingerprint density at radius 3 is 2.85 bits per heavy atom. The minimum atomic E-state index is -0.850. The Bertz CT molecular complexity index is 778. The second kappa shape index (κ2) is 5.06. The maximum Gasteiger partial charge on any atom is 0.346 e. The number of aromatic carboxylic acids is 1. The predicted octanol–water partition coefficient (Wildman–Crippen LogP) is 3.89. The number of carbonyl (C=O) groups is 1. The summed E-state index contributed by atoms with van der Waals surface area (Å²) in [5.74, 6) is -0.850. The van der Waals surface area contributed by atoms with E-state index in [-0.39, 0.29) is 0 Å². The Hall–Kier alpha value is -2.20. The van der Waals surface area contributed by atoms with Gasteiger partial charge in [-0.3, -0.25) is 4.98 Å². The van der Waals surface area contributed by atoms with Crippen LogP contribution in [0.1, 0.15) is 26.4 Å². The van der Waals surface area contributed by atoms with Crippen LogP contribution in [0.3, 0.4) is 0 Å². The molecular formula is C16H13NO2S. The maximum atomic E-state index is 11.2. The minimum Gasteiger partial charge on any atom is -0.477 e. The van der Waals surface area contributed by atoms with E-state index in [1.54, 1.807) is 6.20 Å². The number of hydrogen-bond donors (Lipinski definition) is 1. The molecule has 0 bridgehead atoms. The molecule has 3 rings (SSSR count). The van der Waals surface area contributed by atoms with E-state index in [4.69, 9.17) is 0 Å². The van der Waals surface area contributed by atoms with Gasteiger partial charge in [0.25, 0.3) is 0 Å². The number of aromatic nitrogens is 1. The summed E-state index contributed by atoms with van der Waals surface area (Å²) in [4.78, 5) is 15.7. The number of rotatable bonds is 3. The monoisotopic (exact) mass is 283 g/mol. The molecule has 1 aromatic carbocycles. The number of pyridine rings is 1. The summed E-state index contributed by atoms with van der Waals surface area (Å²) >= 11 is 1.34. The minimum absolute atomic E-state index is 0.429. The van der Waals surface area contributed by atoms with Crippen molar-refractivity contribution in [1.82, 2.24) is 4.98 Å². The third-order valence-electron chi connectivity index (χ3n) is 3.33. The first kappa shape index (κ1) is 12.8. The smallest absolute Gasteiger partial charge is 0.346 e. The molecule has 0 aliphatic heterocycles. The summed E-state index contributed by atoms with van der Waals surface area (Å²) in [5, 5.41) is 10.2. The average Bonchev–Trinajstić information content (AvgIpc) is 2.77. The van der Waals surface area contributed by atoms with E-state index in [0.717, 1.165) is 27.6 Å². The lowest BCUT2D eigenvalue weighted by Crippen LogP contribution is -1.93. The summed E-state index contributed by atoms with van der Waals surface area (Å²) in [6.07, 6.45) is 4.42. The van der Waals surface area contributed by atoms with Gasteiger partial charge < -0.3 is 5.11 Å². The zero-order valence-electron chi connectivity index (χ0n) is 11.0. The molecule has 0 saturated carbocycles. The SMILES string of the molecule is Cc1c(C(=O)O)sc2cc(Cc3cccnc3)ccc12. The number of fused-ring (bicyclic) bond motifs is 1.